The highest BCUT2D eigenvalue weighted by molar-refractivity contribution is 4.97. The fraction of sp³-hybridized carbons (Fsp3) is 0.818. The molecule has 0 bridgehead atoms. The SMILES string of the molecule is CCOC(C(C)C)C(N)Cc1cn(C)nn1. The van der Waals surface area contributed by atoms with E-state index < -0.39 is 0 Å². The van der Waals surface area contributed by atoms with Crippen LogP contribution in [0.5, 0.6) is 0 Å². The van der Waals surface area contributed by atoms with Crippen molar-refractivity contribution in [3.8, 4) is 0 Å². The van der Waals surface area contributed by atoms with Crippen molar-refractivity contribution in [3.63, 3.8) is 0 Å². The van der Waals surface area contributed by atoms with Gasteiger partial charge in [0.15, 0.2) is 0 Å². The van der Waals surface area contributed by atoms with Crippen LogP contribution in [0.4, 0.5) is 0 Å². The first kappa shape index (κ1) is 13.1. The third-order valence-corrected chi connectivity index (χ3v) is 2.53. The zero-order chi connectivity index (χ0) is 12.1. The maximum atomic E-state index is 6.14. The lowest BCUT2D eigenvalue weighted by Crippen LogP contribution is -2.42. The topological polar surface area (TPSA) is 66.0 Å². The van der Waals surface area contributed by atoms with Crippen molar-refractivity contribution >= 4 is 0 Å². The molecule has 2 unspecified atom stereocenters. The smallest absolute Gasteiger partial charge is 0.0843 e. The number of hydrogen-bond acceptors (Lipinski definition) is 4. The molecule has 0 amide bonds. The largest absolute Gasteiger partial charge is 0.377 e. The van der Waals surface area contributed by atoms with Crippen LogP contribution in [0, 0.1) is 5.92 Å². The summed E-state index contributed by atoms with van der Waals surface area (Å²) in [7, 11) is 1.85. The molecule has 0 fully saturated rings. The summed E-state index contributed by atoms with van der Waals surface area (Å²) in [4.78, 5) is 0. The molecule has 1 aromatic heterocycles. The Bertz CT molecular complexity index is 311. The maximum absolute atomic E-state index is 6.14. The van der Waals surface area contributed by atoms with Crippen LogP contribution in [0.25, 0.3) is 0 Å². The summed E-state index contributed by atoms with van der Waals surface area (Å²) in [5, 5.41) is 7.93. The number of hydrogen-bond donors (Lipinski definition) is 1. The minimum Gasteiger partial charge on any atom is -0.377 e. The Kier molecular flexibility index (Phi) is 4.89. The van der Waals surface area contributed by atoms with E-state index in [4.69, 9.17) is 10.5 Å². The average molecular weight is 226 g/mol. The number of nitrogens with two attached hydrogens (primary N) is 1. The van der Waals surface area contributed by atoms with Gasteiger partial charge in [-0.25, -0.2) is 0 Å². The fourth-order valence-corrected chi connectivity index (χ4v) is 1.85. The van der Waals surface area contributed by atoms with Gasteiger partial charge in [-0.3, -0.25) is 4.68 Å². The minimum absolute atomic E-state index is 0.0309. The van der Waals surface area contributed by atoms with Crippen molar-refractivity contribution in [2.75, 3.05) is 6.61 Å². The van der Waals surface area contributed by atoms with Gasteiger partial charge in [0, 0.05) is 32.3 Å². The molecule has 92 valence electrons. The summed E-state index contributed by atoms with van der Waals surface area (Å²) in [5.74, 6) is 0.409. The number of aromatic nitrogens is 3. The first-order valence-electron chi connectivity index (χ1n) is 5.77. The zero-order valence-electron chi connectivity index (χ0n) is 10.6. The molecular formula is C11H22N4O. The second-order valence-electron chi connectivity index (χ2n) is 4.42. The second kappa shape index (κ2) is 5.96. The molecule has 0 spiro atoms. The van der Waals surface area contributed by atoms with Crippen molar-refractivity contribution in [1.82, 2.24) is 15.0 Å². The van der Waals surface area contributed by atoms with E-state index in [-0.39, 0.29) is 12.1 Å². The number of aryl methyl sites for hydroxylation is 1. The van der Waals surface area contributed by atoms with Gasteiger partial charge in [0.2, 0.25) is 0 Å². The van der Waals surface area contributed by atoms with E-state index >= 15 is 0 Å². The van der Waals surface area contributed by atoms with Gasteiger partial charge in [-0.2, -0.15) is 0 Å². The molecule has 0 aliphatic carbocycles. The average Bonchev–Trinajstić information content (AvgIpc) is 2.59. The Labute approximate surface area is 97.0 Å². The first-order valence-corrected chi connectivity index (χ1v) is 5.77. The highest BCUT2D eigenvalue weighted by Gasteiger charge is 2.22. The molecule has 0 saturated carbocycles. The predicted octanol–water partition coefficient (Wildman–Crippen LogP) is 0.746. The predicted molar refractivity (Wildman–Crippen MR) is 62.9 cm³/mol. The van der Waals surface area contributed by atoms with E-state index in [1.807, 2.05) is 20.2 Å². The lowest BCUT2D eigenvalue weighted by atomic mass is 9.97. The number of ether oxygens (including phenoxy) is 1. The number of rotatable bonds is 6. The Morgan fingerprint density at radius 3 is 2.62 bits per heavy atom. The van der Waals surface area contributed by atoms with Crippen LogP contribution < -0.4 is 5.73 Å². The van der Waals surface area contributed by atoms with Gasteiger partial charge in [0.1, 0.15) is 0 Å². The molecule has 2 atom stereocenters. The molecule has 1 aromatic rings. The molecule has 5 nitrogen and oxygen atoms in total. The lowest BCUT2D eigenvalue weighted by molar-refractivity contribution is 0.0126. The Balaban J connectivity index is 2.57. The van der Waals surface area contributed by atoms with Crippen LogP contribution >= 0.6 is 0 Å². The third kappa shape index (κ3) is 3.57. The molecule has 1 rings (SSSR count). The summed E-state index contributed by atoms with van der Waals surface area (Å²) < 4.78 is 7.35. The van der Waals surface area contributed by atoms with Crippen molar-refractivity contribution < 1.29 is 4.74 Å². The Morgan fingerprint density at radius 1 is 1.50 bits per heavy atom. The van der Waals surface area contributed by atoms with Gasteiger partial charge in [0.25, 0.3) is 0 Å². The monoisotopic (exact) mass is 226 g/mol. The van der Waals surface area contributed by atoms with Crippen LogP contribution in [0.2, 0.25) is 0 Å². The molecule has 16 heavy (non-hydrogen) atoms. The van der Waals surface area contributed by atoms with E-state index in [0.29, 0.717) is 18.9 Å². The lowest BCUT2D eigenvalue weighted by Gasteiger charge is -2.26. The van der Waals surface area contributed by atoms with Gasteiger partial charge in [-0.05, 0) is 12.8 Å². The Hall–Kier alpha value is -0.940. The standard InChI is InChI=1S/C11H22N4O/c1-5-16-11(8(2)3)10(12)6-9-7-15(4)14-13-9/h7-8,10-11H,5-6,12H2,1-4H3. The molecule has 0 saturated heterocycles. The fourth-order valence-electron chi connectivity index (χ4n) is 1.85. The second-order valence-corrected chi connectivity index (χ2v) is 4.42. The summed E-state index contributed by atoms with van der Waals surface area (Å²) in [6.07, 6.45) is 2.67. The highest BCUT2D eigenvalue weighted by atomic mass is 16.5. The van der Waals surface area contributed by atoms with Gasteiger partial charge in [0.05, 0.1) is 11.8 Å². The molecule has 1 heterocycles. The van der Waals surface area contributed by atoms with Crippen LogP contribution in [0.15, 0.2) is 6.20 Å². The minimum atomic E-state index is -0.0309. The number of nitrogens with zero attached hydrogens (tertiary/aromatic N) is 3. The molecule has 2 N–H and O–H groups in total. The van der Waals surface area contributed by atoms with Crippen LogP contribution in [0.1, 0.15) is 26.5 Å². The van der Waals surface area contributed by atoms with E-state index in [0.717, 1.165) is 5.69 Å². The van der Waals surface area contributed by atoms with Crippen molar-refractivity contribution in [2.45, 2.75) is 39.3 Å². The van der Waals surface area contributed by atoms with Gasteiger partial charge in [-0.1, -0.05) is 19.1 Å². The third-order valence-electron chi connectivity index (χ3n) is 2.53. The van der Waals surface area contributed by atoms with Crippen molar-refractivity contribution in [1.29, 1.82) is 0 Å². The van der Waals surface area contributed by atoms with Crippen molar-refractivity contribution in [3.05, 3.63) is 11.9 Å². The molecular weight excluding hydrogens is 204 g/mol. The van der Waals surface area contributed by atoms with Crippen LogP contribution in [-0.4, -0.2) is 33.7 Å². The maximum Gasteiger partial charge on any atom is 0.0843 e. The summed E-state index contributed by atoms with van der Waals surface area (Å²) in [5.41, 5.74) is 7.06. The molecule has 0 aromatic carbocycles. The highest BCUT2D eigenvalue weighted by Crippen LogP contribution is 2.12. The van der Waals surface area contributed by atoms with E-state index in [1.54, 1.807) is 4.68 Å². The van der Waals surface area contributed by atoms with E-state index in [2.05, 4.69) is 24.2 Å². The molecule has 0 aliphatic heterocycles. The Morgan fingerprint density at radius 2 is 2.19 bits per heavy atom. The quantitative estimate of drug-likeness (QED) is 0.777. The van der Waals surface area contributed by atoms with Gasteiger partial charge < -0.3 is 10.5 Å². The summed E-state index contributed by atoms with van der Waals surface area (Å²) >= 11 is 0. The summed E-state index contributed by atoms with van der Waals surface area (Å²) in [6.45, 7) is 6.93. The molecule has 5 heteroatoms. The normalized spacial score (nSPS) is 15.4. The van der Waals surface area contributed by atoms with E-state index in [9.17, 15) is 0 Å². The van der Waals surface area contributed by atoms with Gasteiger partial charge in [-0.15, -0.1) is 5.10 Å². The van der Waals surface area contributed by atoms with Gasteiger partial charge >= 0.3 is 0 Å². The summed E-state index contributed by atoms with van der Waals surface area (Å²) in [6, 6.07) is -0.0309. The zero-order valence-corrected chi connectivity index (χ0v) is 10.6. The first-order chi connectivity index (χ1) is 7.54. The van der Waals surface area contributed by atoms with Crippen molar-refractivity contribution in [2.24, 2.45) is 18.7 Å². The molecule has 0 radical (unpaired) electrons. The molecule has 0 aliphatic rings. The van der Waals surface area contributed by atoms with Crippen LogP contribution in [0.3, 0.4) is 0 Å². The van der Waals surface area contributed by atoms with E-state index in [1.165, 1.54) is 0 Å². The van der Waals surface area contributed by atoms with Crippen LogP contribution in [-0.2, 0) is 18.2 Å².